The molecular weight excluding hydrogens is 483 g/mol. The van der Waals surface area contributed by atoms with E-state index in [4.69, 9.17) is 5.11 Å². The van der Waals surface area contributed by atoms with Gasteiger partial charge in [0.1, 0.15) is 0 Å². The maximum atomic E-state index is 14.1. The van der Waals surface area contributed by atoms with Gasteiger partial charge in [-0.05, 0) is 18.6 Å². The Labute approximate surface area is 171 Å². The Kier molecular flexibility index (Phi) is 7.30. The molecule has 0 saturated carbocycles. The highest BCUT2D eigenvalue weighted by atomic mass is 19.4. The third-order valence-corrected chi connectivity index (χ3v) is 4.55. The predicted octanol–water partition coefficient (Wildman–Crippen LogP) is 6.89. The van der Waals surface area contributed by atoms with E-state index < -0.39 is 71.6 Å². The molecule has 32 heavy (non-hydrogen) atoms. The summed E-state index contributed by atoms with van der Waals surface area (Å²) in [4.78, 5) is 0. The molecule has 0 aliphatic carbocycles. The Morgan fingerprint density at radius 1 is 0.750 bits per heavy atom. The molecule has 1 aromatic carbocycles. The number of benzene rings is 1. The van der Waals surface area contributed by atoms with Gasteiger partial charge in [-0.25, -0.2) is 4.39 Å². The summed E-state index contributed by atoms with van der Waals surface area (Å²) in [6.07, 6.45) is -6.50. The van der Waals surface area contributed by atoms with Crippen molar-refractivity contribution < 1.29 is 67.3 Å². The Balaban J connectivity index is 3.60. The third-order valence-electron chi connectivity index (χ3n) is 4.55. The van der Waals surface area contributed by atoms with Crippen LogP contribution in [0.3, 0.4) is 0 Å². The van der Waals surface area contributed by atoms with E-state index in [2.05, 4.69) is 0 Å². The number of halogens is 13. The van der Waals surface area contributed by atoms with Gasteiger partial charge < -0.3 is 10.2 Å². The van der Waals surface area contributed by atoms with Crippen LogP contribution in [0, 0.1) is 0 Å². The minimum absolute atomic E-state index is 0.133. The van der Waals surface area contributed by atoms with Crippen LogP contribution in [0.2, 0.25) is 0 Å². The van der Waals surface area contributed by atoms with Gasteiger partial charge in [0.2, 0.25) is 0 Å². The lowest BCUT2D eigenvalue weighted by Gasteiger charge is -2.42. The van der Waals surface area contributed by atoms with Crippen LogP contribution >= 0.6 is 0 Å². The molecule has 2 N–H and O–H groups in total. The Morgan fingerprint density at radius 2 is 1.22 bits per heavy atom. The summed E-state index contributed by atoms with van der Waals surface area (Å²) in [7, 11) is 0. The van der Waals surface area contributed by atoms with E-state index in [1.165, 1.54) is 6.92 Å². The number of aromatic hydroxyl groups is 2. The fourth-order valence-corrected chi connectivity index (χ4v) is 2.52. The molecule has 0 heterocycles. The van der Waals surface area contributed by atoms with E-state index in [1.54, 1.807) is 0 Å². The second-order valence-electron chi connectivity index (χ2n) is 6.78. The van der Waals surface area contributed by atoms with Gasteiger partial charge in [-0.2, -0.15) is 52.7 Å². The summed E-state index contributed by atoms with van der Waals surface area (Å²) >= 11 is 0. The van der Waals surface area contributed by atoms with Gasteiger partial charge in [0.25, 0.3) is 0 Å². The number of hydrogen-bond donors (Lipinski definition) is 2. The van der Waals surface area contributed by atoms with Crippen molar-refractivity contribution in [1.29, 1.82) is 0 Å². The second-order valence-corrected chi connectivity index (χ2v) is 6.78. The monoisotopic (exact) mass is 498 g/mol. The van der Waals surface area contributed by atoms with Crippen LogP contribution in [0.5, 0.6) is 11.5 Å². The summed E-state index contributed by atoms with van der Waals surface area (Å²) in [5, 5.41) is 18.2. The standard InChI is InChI=1S/C17H15F13O2/c1-2-3-7-10(18)13(21,22)15(25,26)17(29,30)16(27,28)14(23,24)12(19,20)8-5-4-6-9(31)11(8)32/h4-6,10,31-32H,2-3,7H2,1H3. The van der Waals surface area contributed by atoms with Crippen molar-refractivity contribution in [3.05, 3.63) is 23.8 Å². The van der Waals surface area contributed by atoms with Crippen molar-refractivity contribution in [2.24, 2.45) is 0 Å². The Morgan fingerprint density at radius 3 is 1.69 bits per heavy atom. The van der Waals surface area contributed by atoms with Gasteiger partial charge in [-0.15, -0.1) is 0 Å². The lowest BCUT2D eigenvalue weighted by Crippen LogP contribution is -2.71. The van der Waals surface area contributed by atoms with Crippen molar-refractivity contribution in [3.8, 4) is 11.5 Å². The highest BCUT2D eigenvalue weighted by Crippen LogP contribution is 2.63. The molecule has 0 fully saturated rings. The number of para-hydroxylation sites is 1. The zero-order chi connectivity index (χ0) is 25.6. The maximum Gasteiger partial charge on any atom is 0.385 e. The SMILES string of the molecule is CCCCC(F)C(F)(F)C(F)(F)C(F)(F)C(F)(F)C(F)(F)C(F)(F)c1cccc(O)c1O. The van der Waals surface area contributed by atoms with Crippen LogP contribution in [0.25, 0.3) is 0 Å². The third kappa shape index (κ3) is 3.80. The first kappa shape index (κ1) is 27.9. The van der Waals surface area contributed by atoms with E-state index >= 15 is 0 Å². The zero-order valence-electron chi connectivity index (χ0n) is 15.7. The number of phenolic OH excluding ortho intramolecular Hbond substituents is 2. The molecule has 0 aliphatic rings. The highest BCUT2D eigenvalue weighted by molar-refractivity contribution is 5.47. The fraction of sp³-hybridized carbons (Fsp3) is 0.647. The van der Waals surface area contributed by atoms with Gasteiger partial charge >= 0.3 is 35.5 Å². The van der Waals surface area contributed by atoms with Crippen LogP contribution in [0.1, 0.15) is 31.7 Å². The molecular formula is C17H15F13O2. The Hall–Kier alpha value is -2.09. The lowest BCUT2D eigenvalue weighted by molar-refractivity contribution is -0.431. The van der Waals surface area contributed by atoms with Gasteiger partial charge in [-0.3, -0.25) is 0 Å². The molecule has 1 aromatic rings. The summed E-state index contributed by atoms with van der Waals surface area (Å²) < 4.78 is 180. The lowest BCUT2D eigenvalue weighted by atomic mass is 9.87. The molecule has 0 radical (unpaired) electrons. The van der Waals surface area contributed by atoms with Crippen molar-refractivity contribution in [2.75, 3.05) is 0 Å². The molecule has 0 amide bonds. The fourth-order valence-electron chi connectivity index (χ4n) is 2.52. The van der Waals surface area contributed by atoms with Crippen molar-refractivity contribution in [1.82, 2.24) is 0 Å². The second kappa shape index (κ2) is 8.36. The van der Waals surface area contributed by atoms with Crippen molar-refractivity contribution in [3.63, 3.8) is 0 Å². The van der Waals surface area contributed by atoms with E-state index in [-0.39, 0.29) is 18.6 Å². The maximum absolute atomic E-state index is 14.1. The molecule has 1 atom stereocenters. The van der Waals surface area contributed by atoms with Crippen LogP contribution in [-0.4, -0.2) is 46.0 Å². The average molecular weight is 498 g/mol. The van der Waals surface area contributed by atoms with E-state index in [0.717, 1.165) is 0 Å². The van der Waals surface area contributed by atoms with Gasteiger partial charge in [0.15, 0.2) is 17.7 Å². The van der Waals surface area contributed by atoms with Gasteiger partial charge in [0, 0.05) is 0 Å². The molecule has 0 aliphatic heterocycles. The zero-order valence-corrected chi connectivity index (χ0v) is 15.7. The van der Waals surface area contributed by atoms with Crippen LogP contribution in [0.15, 0.2) is 18.2 Å². The molecule has 15 heteroatoms. The summed E-state index contributed by atoms with van der Waals surface area (Å²) in [5.41, 5.74) is -2.60. The molecule has 0 aromatic heterocycles. The minimum Gasteiger partial charge on any atom is -0.504 e. The van der Waals surface area contributed by atoms with Crippen molar-refractivity contribution >= 4 is 0 Å². The largest absolute Gasteiger partial charge is 0.504 e. The van der Waals surface area contributed by atoms with Gasteiger partial charge in [0.05, 0.1) is 5.56 Å². The van der Waals surface area contributed by atoms with E-state index in [9.17, 15) is 62.2 Å². The molecule has 2 nitrogen and oxygen atoms in total. The number of alkyl halides is 13. The number of phenols is 2. The summed E-state index contributed by atoms with van der Waals surface area (Å²) in [6.45, 7) is 1.23. The molecule has 0 bridgehead atoms. The molecule has 1 rings (SSSR count). The van der Waals surface area contributed by atoms with E-state index in [1.807, 2.05) is 0 Å². The molecule has 186 valence electrons. The van der Waals surface area contributed by atoms with Crippen LogP contribution in [-0.2, 0) is 5.92 Å². The number of unbranched alkanes of at least 4 members (excludes halogenated alkanes) is 1. The Bertz CT molecular complexity index is 808. The molecule has 0 spiro atoms. The van der Waals surface area contributed by atoms with Gasteiger partial charge in [-0.1, -0.05) is 25.8 Å². The first-order chi connectivity index (χ1) is 14.2. The first-order valence-electron chi connectivity index (χ1n) is 8.58. The topological polar surface area (TPSA) is 40.5 Å². The van der Waals surface area contributed by atoms with Crippen LogP contribution < -0.4 is 0 Å². The summed E-state index contributed by atoms with van der Waals surface area (Å²) in [5.74, 6) is -48.0. The van der Waals surface area contributed by atoms with Crippen LogP contribution in [0.4, 0.5) is 57.1 Å². The quantitative estimate of drug-likeness (QED) is 0.272. The predicted molar refractivity (Wildman–Crippen MR) is 82.8 cm³/mol. The number of hydrogen-bond acceptors (Lipinski definition) is 2. The number of rotatable bonds is 10. The van der Waals surface area contributed by atoms with E-state index in [0.29, 0.717) is 6.07 Å². The normalized spacial score (nSPS) is 15.7. The van der Waals surface area contributed by atoms with Crippen molar-refractivity contribution in [2.45, 2.75) is 67.9 Å². The smallest absolute Gasteiger partial charge is 0.385 e. The first-order valence-corrected chi connectivity index (χ1v) is 8.58. The molecule has 1 unspecified atom stereocenters. The minimum atomic E-state index is -7.92. The highest BCUT2D eigenvalue weighted by Gasteiger charge is 2.91. The average Bonchev–Trinajstić information content (AvgIpc) is 2.66. The summed E-state index contributed by atoms with van der Waals surface area (Å²) in [6, 6.07) is 0.410. The molecule has 0 saturated heterocycles.